The quantitative estimate of drug-likeness (QED) is 0.544. The third-order valence-corrected chi connectivity index (χ3v) is 6.89. The predicted molar refractivity (Wildman–Crippen MR) is 122 cm³/mol. The highest BCUT2D eigenvalue weighted by atomic mass is 32.2. The van der Waals surface area contributed by atoms with Crippen LogP contribution in [0.1, 0.15) is 30.1 Å². The van der Waals surface area contributed by atoms with Crippen LogP contribution in [0.5, 0.6) is 17.2 Å². The molecule has 9 heteroatoms. The molecule has 0 radical (unpaired) electrons. The van der Waals surface area contributed by atoms with Gasteiger partial charge in [-0.3, -0.25) is 4.79 Å². The van der Waals surface area contributed by atoms with E-state index < -0.39 is 15.9 Å². The van der Waals surface area contributed by atoms with Crippen LogP contribution >= 0.6 is 0 Å². The van der Waals surface area contributed by atoms with Crippen LogP contribution in [0.4, 0.5) is 5.69 Å². The molecule has 1 saturated heterocycles. The number of anilines is 1. The molecule has 1 fully saturated rings. The van der Waals surface area contributed by atoms with Gasteiger partial charge in [-0.2, -0.15) is 4.31 Å². The molecule has 0 atom stereocenters. The summed E-state index contributed by atoms with van der Waals surface area (Å²) in [7, 11) is -2.24. The first kappa shape index (κ1) is 23.6. The topological polar surface area (TPSA) is 94.2 Å². The first-order valence-corrected chi connectivity index (χ1v) is 11.8. The fourth-order valence-corrected chi connectivity index (χ4v) is 5.08. The Morgan fingerprint density at radius 2 is 1.81 bits per heavy atom. The maximum Gasteiger partial charge on any atom is 0.255 e. The highest BCUT2D eigenvalue weighted by molar-refractivity contribution is 7.89. The molecule has 0 saturated carbocycles. The third-order valence-electron chi connectivity index (χ3n) is 4.97. The van der Waals surface area contributed by atoms with Crippen molar-refractivity contribution < 1.29 is 27.4 Å². The number of amides is 1. The standard InChI is InChI=1S/C23H28N2O6S/c1-4-14-31-19-10-8-17(15-21(19)29-3)23(26)24-18-9-11-20(30-5-2)22(16-18)32(27,28)25-12-6-7-13-25/h4,8-11,15-16H,1,5-7,12-14H2,2-3H3,(H,24,26). The summed E-state index contributed by atoms with van der Waals surface area (Å²) in [6.07, 6.45) is 3.27. The molecular formula is C23H28N2O6S. The summed E-state index contributed by atoms with van der Waals surface area (Å²) in [6.45, 7) is 6.98. The van der Waals surface area contributed by atoms with Crippen molar-refractivity contribution in [3.05, 3.63) is 54.6 Å². The lowest BCUT2D eigenvalue weighted by atomic mass is 10.1. The number of hydrogen-bond donors (Lipinski definition) is 1. The van der Waals surface area contributed by atoms with E-state index in [4.69, 9.17) is 14.2 Å². The Kier molecular flexibility index (Phi) is 7.76. The van der Waals surface area contributed by atoms with Crippen LogP contribution in [0, 0.1) is 0 Å². The van der Waals surface area contributed by atoms with Crippen LogP contribution in [0.25, 0.3) is 0 Å². The van der Waals surface area contributed by atoms with Crippen LogP contribution in [0.3, 0.4) is 0 Å². The van der Waals surface area contributed by atoms with E-state index >= 15 is 0 Å². The number of methoxy groups -OCH3 is 1. The molecular weight excluding hydrogens is 432 g/mol. The Bertz CT molecular complexity index is 1080. The SMILES string of the molecule is C=CCOc1ccc(C(=O)Nc2ccc(OCC)c(S(=O)(=O)N3CCCC3)c2)cc1OC. The molecule has 8 nitrogen and oxygen atoms in total. The van der Waals surface area contributed by atoms with Gasteiger partial charge in [0.05, 0.1) is 13.7 Å². The summed E-state index contributed by atoms with van der Waals surface area (Å²) in [6, 6.07) is 9.42. The minimum Gasteiger partial charge on any atom is -0.493 e. The van der Waals surface area contributed by atoms with Crippen molar-refractivity contribution in [2.45, 2.75) is 24.7 Å². The average molecular weight is 461 g/mol. The molecule has 1 amide bonds. The van der Waals surface area contributed by atoms with Gasteiger partial charge in [-0.25, -0.2) is 8.42 Å². The Hall–Kier alpha value is -3.04. The number of nitrogens with zero attached hydrogens (tertiary/aromatic N) is 1. The molecule has 0 aliphatic carbocycles. The number of nitrogens with one attached hydrogen (secondary N) is 1. The fourth-order valence-electron chi connectivity index (χ4n) is 3.41. The van der Waals surface area contributed by atoms with Gasteiger partial charge in [-0.15, -0.1) is 0 Å². The lowest BCUT2D eigenvalue weighted by Gasteiger charge is -2.19. The molecule has 1 heterocycles. The number of hydrogen-bond acceptors (Lipinski definition) is 6. The van der Waals surface area contributed by atoms with Crippen LogP contribution in [-0.4, -0.2) is 52.0 Å². The highest BCUT2D eigenvalue weighted by Gasteiger charge is 2.30. The molecule has 2 aromatic carbocycles. The van der Waals surface area contributed by atoms with E-state index in [2.05, 4.69) is 11.9 Å². The number of rotatable bonds is 10. The Labute approximate surface area is 188 Å². The first-order valence-electron chi connectivity index (χ1n) is 10.4. The van der Waals surface area contributed by atoms with Gasteiger partial charge in [0, 0.05) is 24.3 Å². The van der Waals surface area contributed by atoms with Crippen molar-refractivity contribution in [3.63, 3.8) is 0 Å². The van der Waals surface area contributed by atoms with Crippen molar-refractivity contribution in [2.24, 2.45) is 0 Å². The van der Waals surface area contributed by atoms with Gasteiger partial charge in [0.2, 0.25) is 10.0 Å². The van der Waals surface area contributed by atoms with E-state index in [0.29, 0.717) is 49.1 Å². The Balaban J connectivity index is 1.87. The molecule has 1 aliphatic heterocycles. The molecule has 3 rings (SSSR count). The molecule has 1 N–H and O–H groups in total. The number of sulfonamides is 1. The van der Waals surface area contributed by atoms with Crippen LogP contribution < -0.4 is 19.5 Å². The number of carbonyl (C=O) groups excluding carboxylic acids is 1. The number of carbonyl (C=O) groups is 1. The van der Waals surface area contributed by atoms with Gasteiger partial charge in [-0.05, 0) is 56.2 Å². The van der Waals surface area contributed by atoms with Gasteiger partial charge in [-0.1, -0.05) is 12.7 Å². The fraction of sp³-hybridized carbons (Fsp3) is 0.348. The normalized spacial score (nSPS) is 14.1. The molecule has 1 aliphatic rings. The Morgan fingerprint density at radius 1 is 1.09 bits per heavy atom. The predicted octanol–water partition coefficient (Wildman–Crippen LogP) is 3.70. The zero-order chi connectivity index (χ0) is 23.1. The second kappa shape index (κ2) is 10.5. The van der Waals surface area contributed by atoms with E-state index in [-0.39, 0.29) is 10.6 Å². The molecule has 32 heavy (non-hydrogen) atoms. The summed E-state index contributed by atoms with van der Waals surface area (Å²) in [5.41, 5.74) is 0.688. The molecule has 0 aromatic heterocycles. The van der Waals surface area contributed by atoms with Gasteiger partial charge < -0.3 is 19.5 Å². The van der Waals surface area contributed by atoms with E-state index in [1.54, 1.807) is 43.3 Å². The second-order valence-electron chi connectivity index (χ2n) is 7.13. The molecule has 0 unspecified atom stereocenters. The highest BCUT2D eigenvalue weighted by Crippen LogP contribution is 2.32. The molecule has 172 valence electrons. The van der Waals surface area contributed by atoms with Crippen molar-refractivity contribution >= 4 is 21.6 Å². The van der Waals surface area contributed by atoms with E-state index in [1.165, 1.54) is 17.5 Å². The third kappa shape index (κ3) is 5.23. The maximum absolute atomic E-state index is 13.1. The lowest BCUT2D eigenvalue weighted by molar-refractivity contribution is 0.102. The van der Waals surface area contributed by atoms with Crippen LogP contribution in [0.2, 0.25) is 0 Å². The van der Waals surface area contributed by atoms with E-state index in [9.17, 15) is 13.2 Å². The molecule has 0 bridgehead atoms. The zero-order valence-corrected chi connectivity index (χ0v) is 19.1. The summed E-state index contributed by atoms with van der Waals surface area (Å²) >= 11 is 0. The largest absolute Gasteiger partial charge is 0.493 e. The average Bonchev–Trinajstić information content (AvgIpc) is 3.34. The van der Waals surface area contributed by atoms with Crippen molar-refractivity contribution in [2.75, 3.05) is 38.7 Å². The first-order chi connectivity index (χ1) is 15.4. The zero-order valence-electron chi connectivity index (χ0n) is 18.3. The minimum absolute atomic E-state index is 0.0461. The minimum atomic E-state index is -3.73. The lowest BCUT2D eigenvalue weighted by Crippen LogP contribution is -2.28. The van der Waals surface area contributed by atoms with Gasteiger partial charge in [0.25, 0.3) is 5.91 Å². The molecule has 2 aromatic rings. The smallest absolute Gasteiger partial charge is 0.255 e. The number of ether oxygens (including phenoxy) is 3. The summed E-state index contributed by atoms with van der Waals surface area (Å²) in [4.78, 5) is 12.9. The number of benzene rings is 2. The monoisotopic (exact) mass is 460 g/mol. The Morgan fingerprint density at radius 3 is 2.47 bits per heavy atom. The summed E-state index contributed by atoms with van der Waals surface area (Å²) in [5.74, 6) is 0.752. The van der Waals surface area contributed by atoms with E-state index in [0.717, 1.165) is 12.8 Å². The van der Waals surface area contributed by atoms with Gasteiger partial charge in [0.15, 0.2) is 11.5 Å². The summed E-state index contributed by atoms with van der Waals surface area (Å²) < 4.78 is 44.1. The van der Waals surface area contributed by atoms with Crippen molar-refractivity contribution in [3.8, 4) is 17.2 Å². The van der Waals surface area contributed by atoms with Crippen molar-refractivity contribution in [1.82, 2.24) is 4.31 Å². The van der Waals surface area contributed by atoms with Crippen LogP contribution in [-0.2, 0) is 10.0 Å². The van der Waals surface area contributed by atoms with Crippen molar-refractivity contribution in [1.29, 1.82) is 0 Å². The molecule has 0 spiro atoms. The summed E-state index contributed by atoms with van der Waals surface area (Å²) in [5, 5.41) is 2.75. The van der Waals surface area contributed by atoms with Gasteiger partial charge in [0.1, 0.15) is 17.3 Å². The van der Waals surface area contributed by atoms with E-state index in [1.807, 2.05) is 0 Å². The second-order valence-corrected chi connectivity index (χ2v) is 9.03. The maximum atomic E-state index is 13.1. The van der Waals surface area contributed by atoms with Gasteiger partial charge >= 0.3 is 0 Å². The van der Waals surface area contributed by atoms with Crippen LogP contribution in [0.15, 0.2) is 53.9 Å².